The third kappa shape index (κ3) is 13.1. The van der Waals surface area contributed by atoms with E-state index >= 15 is 0 Å². The van der Waals surface area contributed by atoms with E-state index in [1.54, 1.807) is 35.6 Å². The summed E-state index contributed by atoms with van der Waals surface area (Å²) in [5, 5.41) is 39.1. The molecule has 1 aliphatic heterocycles. The minimum Gasteiger partial charge on any atom is -0.508 e. The quantitative estimate of drug-likeness (QED) is 0.0355. The highest BCUT2D eigenvalue weighted by Crippen LogP contribution is 2.36. The third-order valence-corrected chi connectivity index (χ3v) is 12.6. The number of aromatic hydroxyl groups is 2. The number of rotatable bonds is 19. The fourth-order valence-corrected chi connectivity index (χ4v) is 8.89. The molecule has 6 rings (SSSR count). The van der Waals surface area contributed by atoms with Crippen molar-refractivity contribution in [1.29, 1.82) is 0 Å². The number of aliphatic hydroxyl groups is 1. The number of phenols is 2. The summed E-state index contributed by atoms with van der Waals surface area (Å²) < 4.78 is 5.94. The van der Waals surface area contributed by atoms with Crippen LogP contribution in [0.15, 0.2) is 103 Å². The highest BCUT2D eigenvalue weighted by atomic mass is 32.1. The van der Waals surface area contributed by atoms with Gasteiger partial charge in [-0.15, -0.1) is 11.3 Å². The van der Waals surface area contributed by atoms with Gasteiger partial charge in [-0.25, -0.2) is 4.98 Å². The Morgan fingerprint density at radius 3 is 1.98 bits per heavy atom. The van der Waals surface area contributed by atoms with E-state index in [1.807, 2.05) is 106 Å². The molecule has 1 aromatic heterocycles. The molecule has 5 aromatic rings. The minimum absolute atomic E-state index is 0.0158. The van der Waals surface area contributed by atoms with Gasteiger partial charge in [0, 0.05) is 32.4 Å². The number of aliphatic hydroxyl groups excluding tert-OH is 1. The predicted octanol–water partition coefficient (Wildman–Crippen LogP) is 7.76. The number of β-amino-alcohol motifs (C(OH)–C–C–N with tert-alkyl or cyclic N) is 1. The van der Waals surface area contributed by atoms with E-state index in [4.69, 9.17) is 4.74 Å². The number of ether oxygens (including phenoxy) is 1. The number of nitrogens with one attached hydrogen (secondary N) is 3. The van der Waals surface area contributed by atoms with Crippen molar-refractivity contribution < 1.29 is 39.2 Å². The van der Waals surface area contributed by atoms with E-state index in [9.17, 15) is 34.5 Å². The van der Waals surface area contributed by atoms with Gasteiger partial charge in [0.15, 0.2) is 0 Å². The number of benzene rings is 4. The summed E-state index contributed by atoms with van der Waals surface area (Å²) >= 11 is 1.57. The SMILES string of the molecule is CCC(=C(c1ccc(O)cc1)c1ccc(OCCNC(=O)CCCCC(=O)NC(C(=O)N2C[C@H](O)C[C@H]2C(=O)NCc2ccc(-c3scnc3C)cc2)C(C)(C)C)cc1)c1ccc(O)cc1. The van der Waals surface area contributed by atoms with Gasteiger partial charge in [-0.3, -0.25) is 19.2 Å². The zero-order valence-electron chi connectivity index (χ0n) is 38.3. The number of allylic oxidation sites excluding steroid dienone is 1. The molecule has 0 saturated carbocycles. The van der Waals surface area contributed by atoms with E-state index in [1.165, 1.54) is 4.90 Å². The molecule has 3 atom stereocenters. The first-order valence-electron chi connectivity index (χ1n) is 22.5. The molecular weight excluding hydrogens is 855 g/mol. The first-order chi connectivity index (χ1) is 31.6. The molecule has 1 unspecified atom stereocenters. The van der Waals surface area contributed by atoms with Crippen LogP contribution in [0.2, 0.25) is 0 Å². The first-order valence-corrected chi connectivity index (χ1v) is 23.4. The fraction of sp³-hybridized carbons (Fsp3) is 0.365. The molecule has 1 saturated heterocycles. The normalized spacial score (nSPS) is 15.7. The second-order valence-electron chi connectivity index (χ2n) is 17.7. The average molecular weight is 916 g/mol. The topological polar surface area (TPSA) is 190 Å². The molecule has 0 radical (unpaired) electrons. The Hall–Kier alpha value is -6.51. The number of hydrogen-bond donors (Lipinski definition) is 6. The largest absolute Gasteiger partial charge is 0.508 e. The van der Waals surface area contributed by atoms with Crippen LogP contribution in [-0.2, 0) is 25.7 Å². The van der Waals surface area contributed by atoms with Crippen LogP contribution in [0.25, 0.3) is 21.6 Å². The van der Waals surface area contributed by atoms with Crippen molar-refractivity contribution in [2.24, 2.45) is 5.41 Å². The second-order valence-corrected chi connectivity index (χ2v) is 18.5. The number of unbranched alkanes of at least 4 members (excludes halogenated alkanes) is 1. The Labute approximate surface area is 390 Å². The van der Waals surface area contributed by atoms with Gasteiger partial charge in [-0.05, 0) is 107 Å². The summed E-state index contributed by atoms with van der Waals surface area (Å²) in [6.07, 6.45) is 1.17. The van der Waals surface area contributed by atoms with Crippen molar-refractivity contribution in [2.75, 3.05) is 19.7 Å². The van der Waals surface area contributed by atoms with Gasteiger partial charge in [0.2, 0.25) is 23.6 Å². The van der Waals surface area contributed by atoms with Crippen LogP contribution < -0.4 is 20.7 Å². The van der Waals surface area contributed by atoms with Crippen LogP contribution in [0, 0.1) is 12.3 Å². The molecule has 1 fully saturated rings. The van der Waals surface area contributed by atoms with E-state index in [-0.39, 0.29) is 68.2 Å². The number of thiazole rings is 1. The van der Waals surface area contributed by atoms with Gasteiger partial charge >= 0.3 is 0 Å². The maximum absolute atomic E-state index is 14.0. The lowest BCUT2D eigenvalue weighted by molar-refractivity contribution is -0.144. The highest BCUT2D eigenvalue weighted by molar-refractivity contribution is 7.13. The van der Waals surface area contributed by atoms with E-state index in [2.05, 4.69) is 27.9 Å². The molecule has 2 heterocycles. The van der Waals surface area contributed by atoms with Crippen molar-refractivity contribution >= 4 is 46.1 Å². The van der Waals surface area contributed by atoms with Crippen LogP contribution in [0.1, 0.15) is 94.2 Å². The van der Waals surface area contributed by atoms with Crippen molar-refractivity contribution in [1.82, 2.24) is 25.8 Å². The van der Waals surface area contributed by atoms with Gasteiger partial charge in [0.1, 0.15) is 35.9 Å². The monoisotopic (exact) mass is 915 g/mol. The first kappa shape index (κ1) is 48.9. The van der Waals surface area contributed by atoms with Gasteiger partial charge in [-0.2, -0.15) is 0 Å². The predicted molar refractivity (Wildman–Crippen MR) is 257 cm³/mol. The molecule has 0 aliphatic carbocycles. The molecule has 13 nitrogen and oxygen atoms in total. The Kier molecular flexibility index (Phi) is 16.8. The number of likely N-dealkylation sites (tertiary alicyclic amines) is 1. The van der Waals surface area contributed by atoms with E-state index in [0.717, 1.165) is 56.0 Å². The Bertz CT molecular complexity index is 2460. The summed E-state index contributed by atoms with van der Waals surface area (Å²) in [6.45, 7) is 10.3. The summed E-state index contributed by atoms with van der Waals surface area (Å²) in [7, 11) is 0. The maximum atomic E-state index is 14.0. The lowest BCUT2D eigenvalue weighted by atomic mass is 9.85. The molecule has 1 aliphatic rings. The van der Waals surface area contributed by atoms with Crippen molar-refractivity contribution in [2.45, 2.75) is 97.9 Å². The number of phenolic OH excluding ortho intramolecular Hbond substituents is 2. The Morgan fingerprint density at radius 1 is 0.818 bits per heavy atom. The van der Waals surface area contributed by atoms with Gasteiger partial charge in [0.25, 0.3) is 0 Å². The molecule has 348 valence electrons. The van der Waals surface area contributed by atoms with Crippen LogP contribution in [0.5, 0.6) is 17.2 Å². The van der Waals surface area contributed by atoms with Crippen LogP contribution in [0.3, 0.4) is 0 Å². The minimum atomic E-state index is -0.940. The number of nitrogens with zero attached hydrogens (tertiary/aromatic N) is 2. The Morgan fingerprint density at radius 2 is 1.41 bits per heavy atom. The fourth-order valence-electron chi connectivity index (χ4n) is 8.08. The summed E-state index contributed by atoms with van der Waals surface area (Å²) in [4.78, 5) is 60.1. The number of aromatic nitrogens is 1. The number of hydrogen-bond acceptors (Lipinski definition) is 10. The van der Waals surface area contributed by atoms with Gasteiger partial charge in [0.05, 0.1) is 28.7 Å². The molecular formula is C52H61N5O8S. The molecule has 4 aromatic carbocycles. The number of amides is 4. The number of aryl methyl sites for hydroxylation is 1. The average Bonchev–Trinajstić information content (AvgIpc) is 3.92. The lowest BCUT2D eigenvalue weighted by Gasteiger charge is -2.35. The summed E-state index contributed by atoms with van der Waals surface area (Å²) in [5.41, 5.74) is 8.96. The standard InChI is InChI=1S/C52H61N5O8S/c1-6-43(35-15-21-39(58)22-16-35)47(36-17-23-40(59)24-18-36)37-19-25-42(26-20-37)65-28-27-53-45(61)9-7-8-10-46(62)56-49(52(3,4)5)51(64)57-31-41(60)29-44(57)50(63)54-30-34-11-13-38(14-12-34)48-33(2)55-32-66-48/h11-26,32,41,44,49,58-60H,6-10,27-31H2,1-5H3,(H,53,61)(H,54,63)(H,56,62)/t41-,44+,49?/m1/s1. The molecule has 6 N–H and O–H groups in total. The number of carbonyl (C=O) groups is 4. The molecule has 0 bridgehead atoms. The lowest BCUT2D eigenvalue weighted by Crippen LogP contribution is -2.57. The zero-order chi connectivity index (χ0) is 47.4. The van der Waals surface area contributed by atoms with Gasteiger partial charge < -0.3 is 40.9 Å². The van der Waals surface area contributed by atoms with Crippen molar-refractivity contribution in [3.63, 3.8) is 0 Å². The molecule has 14 heteroatoms. The molecule has 0 spiro atoms. The Balaban J connectivity index is 0.932. The van der Waals surface area contributed by atoms with Gasteiger partial charge in [-0.1, -0.05) is 88.4 Å². The zero-order valence-corrected chi connectivity index (χ0v) is 39.1. The molecule has 66 heavy (non-hydrogen) atoms. The maximum Gasteiger partial charge on any atom is 0.246 e. The van der Waals surface area contributed by atoms with E-state index in [0.29, 0.717) is 25.1 Å². The highest BCUT2D eigenvalue weighted by Gasteiger charge is 2.44. The van der Waals surface area contributed by atoms with Crippen LogP contribution >= 0.6 is 11.3 Å². The van der Waals surface area contributed by atoms with Crippen molar-refractivity contribution in [3.8, 4) is 27.7 Å². The van der Waals surface area contributed by atoms with Crippen LogP contribution in [-0.4, -0.2) is 86.7 Å². The third-order valence-electron chi connectivity index (χ3n) is 11.6. The smallest absolute Gasteiger partial charge is 0.246 e. The van der Waals surface area contributed by atoms with Crippen LogP contribution in [0.4, 0.5) is 0 Å². The number of carbonyl (C=O) groups excluding carboxylic acids is 4. The summed E-state index contributed by atoms with van der Waals surface area (Å²) in [5.74, 6) is -0.295. The molecule has 4 amide bonds. The van der Waals surface area contributed by atoms with Crippen molar-refractivity contribution in [3.05, 3.63) is 131 Å². The second kappa shape index (κ2) is 22.6. The summed E-state index contributed by atoms with van der Waals surface area (Å²) in [6, 6.07) is 27.9. The van der Waals surface area contributed by atoms with E-state index < -0.39 is 29.5 Å².